The first kappa shape index (κ1) is 9.89. The molecule has 0 spiro atoms. The molecule has 80 valence electrons. The molecule has 3 N–H and O–H groups in total. The Morgan fingerprint density at radius 2 is 2.21 bits per heavy atom. The van der Waals surface area contributed by atoms with Crippen molar-refractivity contribution in [2.45, 2.75) is 31.1 Å². The van der Waals surface area contributed by atoms with Crippen molar-refractivity contribution in [3.63, 3.8) is 0 Å². The summed E-state index contributed by atoms with van der Waals surface area (Å²) in [5.41, 5.74) is 5.46. The van der Waals surface area contributed by atoms with Gasteiger partial charge in [0.05, 0.1) is 25.4 Å². The Hall–Kier alpha value is -0.650. The highest BCUT2D eigenvalue weighted by Gasteiger charge is 2.32. The minimum Gasteiger partial charge on any atom is -0.377 e. The molecular weight excluding hydrogens is 184 g/mol. The summed E-state index contributed by atoms with van der Waals surface area (Å²) in [6, 6.07) is 0.183. The fraction of sp³-hybridized carbons (Fsp3) is 0.889. The zero-order valence-electron chi connectivity index (χ0n) is 8.07. The molecule has 2 fully saturated rings. The van der Waals surface area contributed by atoms with Crippen LogP contribution < -0.4 is 11.1 Å². The fourth-order valence-electron chi connectivity index (χ4n) is 1.69. The van der Waals surface area contributed by atoms with Gasteiger partial charge in [0.1, 0.15) is 6.10 Å². The fourth-order valence-corrected chi connectivity index (χ4v) is 1.69. The highest BCUT2D eigenvalue weighted by Crippen LogP contribution is 2.19. The lowest BCUT2D eigenvalue weighted by molar-refractivity contribution is -0.135. The topological polar surface area (TPSA) is 73.6 Å². The van der Waals surface area contributed by atoms with Crippen molar-refractivity contribution >= 4 is 5.91 Å². The van der Waals surface area contributed by atoms with Crippen molar-refractivity contribution in [2.24, 2.45) is 5.73 Å². The number of rotatable bonds is 3. The lowest BCUT2D eigenvalue weighted by Gasteiger charge is -2.27. The van der Waals surface area contributed by atoms with Gasteiger partial charge in [-0.25, -0.2) is 0 Å². The highest BCUT2D eigenvalue weighted by molar-refractivity contribution is 5.81. The van der Waals surface area contributed by atoms with Gasteiger partial charge in [0.25, 0.3) is 0 Å². The molecule has 0 aromatic rings. The summed E-state index contributed by atoms with van der Waals surface area (Å²) in [6.45, 7) is 1.74. The smallest absolute Gasteiger partial charge is 0.249 e. The summed E-state index contributed by atoms with van der Waals surface area (Å²) in [7, 11) is 0. The lowest BCUT2D eigenvalue weighted by atomic mass is 10.1. The molecule has 5 nitrogen and oxygen atoms in total. The quantitative estimate of drug-likeness (QED) is 0.613. The molecule has 0 radical (unpaired) electrons. The van der Waals surface area contributed by atoms with Crippen LogP contribution in [-0.2, 0) is 14.3 Å². The first-order valence-corrected chi connectivity index (χ1v) is 5.03. The molecule has 2 heterocycles. The van der Waals surface area contributed by atoms with Gasteiger partial charge in [-0.1, -0.05) is 0 Å². The number of amides is 1. The number of ether oxygens (including phenoxy) is 2. The third-order valence-corrected chi connectivity index (χ3v) is 2.65. The number of hydrogen-bond donors (Lipinski definition) is 2. The minimum atomic E-state index is -0.302. The molecular formula is C9H16N2O3. The van der Waals surface area contributed by atoms with Gasteiger partial charge in [0.2, 0.25) is 5.91 Å². The van der Waals surface area contributed by atoms with Crippen LogP contribution >= 0.6 is 0 Å². The average molecular weight is 200 g/mol. The van der Waals surface area contributed by atoms with E-state index in [1.165, 1.54) is 0 Å². The van der Waals surface area contributed by atoms with Crippen LogP contribution in [0.3, 0.4) is 0 Å². The zero-order chi connectivity index (χ0) is 9.97. The van der Waals surface area contributed by atoms with Crippen molar-refractivity contribution in [2.75, 3.05) is 19.8 Å². The number of nitrogens with one attached hydrogen (secondary N) is 1. The summed E-state index contributed by atoms with van der Waals surface area (Å²) < 4.78 is 10.4. The number of carbonyl (C=O) groups excluding carboxylic acids is 1. The van der Waals surface area contributed by atoms with Gasteiger partial charge in [-0.15, -0.1) is 0 Å². The number of carbonyl (C=O) groups is 1. The van der Waals surface area contributed by atoms with E-state index in [2.05, 4.69) is 5.32 Å². The molecule has 1 amide bonds. The van der Waals surface area contributed by atoms with Crippen molar-refractivity contribution in [3.05, 3.63) is 0 Å². The SMILES string of the molecule is NCC1CCC(C(=O)NC2COC2)O1. The van der Waals surface area contributed by atoms with E-state index >= 15 is 0 Å². The summed E-state index contributed by atoms with van der Waals surface area (Å²) in [6.07, 6.45) is 1.42. The number of hydrogen-bond acceptors (Lipinski definition) is 4. The Morgan fingerprint density at radius 3 is 2.71 bits per heavy atom. The van der Waals surface area contributed by atoms with E-state index in [9.17, 15) is 4.79 Å². The predicted molar refractivity (Wildman–Crippen MR) is 49.7 cm³/mol. The van der Waals surface area contributed by atoms with E-state index < -0.39 is 0 Å². The summed E-state index contributed by atoms with van der Waals surface area (Å²) in [5, 5.41) is 2.87. The van der Waals surface area contributed by atoms with Gasteiger partial charge >= 0.3 is 0 Å². The lowest BCUT2D eigenvalue weighted by Crippen LogP contribution is -2.51. The van der Waals surface area contributed by atoms with Gasteiger partial charge in [-0.2, -0.15) is 0 Å². The second-order valence-corrected chi connectivity index (χ2v) is 3.80. The second-order valence-electron chi connectivity index (χ2n) is 3.80. The van der Waals surface area contributed by atoms with Gasteiger partial charge in [0, 0.05) is 6.54 Å². The van der Waals surface area contributed by atoms with Gasteiger partial charge in [0.15, 0.2) is 0 Å². The monoisotopic (exact) mass is 200 g/mol. The molecule has 14 heavy (non-hydrogen) atoms. The maximum Gasteiger partial charge on any atom is 0.249 e. The first-order valence-electron chi connectivity index (χ1n) is 5.03. The van der Waals surface area contributed by atoms with Crippen LogP contribution in [0.1, 0.15) is 12.8 Å². The molecule has 2 atom stereocenters. The molecule has 0 saturated carbocycles. The largest absolute Gasteiger partial charge is 0.377 e. The Bertz CT molecular complexity index is 218. The molecule has 0 aromatic heterocycles. The van der Waals surface area contributed by atoms with E-state index in [-0.39, 0.29) is 24.2 Å². The Labute approximate surface area is 82.9 Å². The highest BCUT2D eigenvalue weighted by atomic mass is 16.5. The molecule has 2 aliphatic heterocycles. The standard InChI is InChI=1S/C9H16N2O3/c10-3-7-1-2-8(14-7)9(12)11-6-4-13-5-6/h6-8H,1-5,10H2,(H,11,12). The molecule has 2 rings (SSSR count). The second kappa shape index (κ2) is 4.25. The van der Waals surface area contributed by atoms with Crippen LogP contribution in [0.15, 0.2) is 0 Å². The van der Waals surface area contributed by atoms with E-state index in [4.69, 9.17) is 15.2 Å². The number of nitrogens with two attached hydrogens (primary N) is 1. The van der Waals surface area contributed by atoms with Crippen LogP contribution in [0.25, 0.3) is 0 Å². The van der Waals surface area contributed by atoms with E-state index in [1.54, 1.807) is 0 Å². The van der Waals surface area contributed by atoms with Crippen LogP contribution in [0, 0.1) is 0 Å². The van der Waals surface area contributed by atoms with Crippen molar-refractivity contribution in [1.29, 1.82) is 0 Å². The summed E-state index contributed by atoms with van der Waals surface area (Å²) >= 11 is 0. The third-order valence-electron chi connectivity index (χ3n) is 2.65. The van der Waals surface area contributed by atoms with E-state index in [1.807, 2.05) is 0 Å². The Kier molecular flexibility index (Phi) is 3.00. The normalized spacial score (nSPS) is 32.6. The van der Waals surface area contributed by atoms with Gasteiger partial charge in [-0.05, 0) is 12.8 Å². The van der Waals surface area contributed by atoms with Gasteiger partial charge in [-0.3, -0.25) is 4.79 Å². The zero-order valence-corrected chi connectivity index (χ0v) is 8.07. The molecule has 0 aliphatic carbocycles. The Balaban J connectivity index is 1.74. The van der Waals surface area contributed by atoms with Gasteiger partial charge < -0.3 is 20.5 Å². The maximum atomic E-state index is 11.6. The Morgan fingerprint density at radius 1 is 1.43 bits per heavy atom. The predicted octanol–water partition coefficient (Wildman–Crippen LogP) is -0.992. The molecule has 5 heteroatoms. The van der Waals surface area contributed by atoms with Crippen LogP contribution in [-0.4, -0.2) is 43.9 Å². The van der Waals surface area contributed by atoms with Crippen molar-refractivity contribution < 1.29 is 14.3 Å². The van der Waals surface area contributed by atoms with Crippen LogP contribution in [0.4, 0.5) is 0 Å². The molecule has 0 aromatic carbocycles. The van der Waals surface area contributed by atoms with Crippen LogP contribution in [0.5, 0.6) is 0 Å². The molecule has 2 unspecified atom stereocenters. The molecule has 2 saturated heterocycles. The molecule has 0 bridgehead atoms. The van der Waals surface area contributed by atoms with Crippen molar-refractivity contribution in [1.82, 2.24) is 5.32 Å². The van der Waals surface area contributed by atoms with Crippen LogP contribution in [0.2, 0.25) is 0 Å². The average Bonchev–Trinajstić information content (AvgIpc) is 2.59. The first-order chi connectivity index (χ1) is 6.79. The van der Waals surface area contributed by atoms with Crippen molar-refractivity contribution in [3.8, 4) is 0 Å². The van der Waals surface area contributed by atoms with E-state index in [0.717, 1.165) is 12.8 Å². The maximum absolute atomic E-state index is 11.6. The van der Waals surface area contributed by atoms with E-state index in [0.29, 0.717) is 19.8 Å². The third kappa shape index (κ3) is 2.05. The summed E-state index contributed by atoms with van der Waals surface area (Å²) in [5.74, 6) is -0.0192. The molecule has 2 aliphatic rings. The minimum absolute atomic E-state index is 0.0192. The summed E-state index contributed by atoms with van der Waals surface area (Å²) in [4.78, 5) is 11.6.